The Hall–Kier alpha value is -5.34. The number of furan rings is 3. The highest BCUT2D eigenvalue weighted by Crippen LogP contribution is 2.49. The van der Waals surface area contributed by atoms with Crippen molar-refractivity contribution >= 4 is 387 Å². The number of hydrogen-bond acceptors (Lipinski definition) is 4. The molecule has 0 saturated heterocycles. The Kier molecular flexibility index (Phi) is 15.3. The number of terminal acetylenes is 1. The molecule has 0 amide bonds. The van der Waals surface area contributed by atoms with Gasteiger partial charge in [0.05, 0.1) is 35.1 Å². The van der Waals surface area contributed by atoms with Crippen LogP contribution in [0.15, 0.2) is 46.1 Å². The Morgan fingerprint density at radius 3 is 1.14 bits per heavy atom. The van der Waals surface area contributed by atoms with E-state index < -0.39 is 28.6 Å². The lowest BCUT2D eigenvalue weighted by Crippen LogP contribution is -2.55. The largest absolute Gasteiger partial charge is 0.458 e. The second kappa shape index (κ2) is 21.2. The van der Waals surface area contributed by atoms with Crippen molar-refractivity contribution in [2.24, 2.45) is 0 Å². The average Bonchev–Trinajstić information content (AvgIpc) is 1.71. The van der Waals surface area contributed by atoms with Gasteiger partial charge in [0.25, 0.3) is 0 Å². The van der Waals surface area contributed by atoms with Gasteiger partial charge in [0.2, 0.25) is 0 Å². The minimum atomic E-state index is -1.64. The summed E-state index contributed by atoms with van der Waals surface area (Å²) in [6.45, 7) is 0. The van der Waals surface area contributed by atoms with E-state index in [0.717, 1.165) is 0 Å². The summed E-state index contributed by atoms with van der Waals surface area (Å²) >= 11 is 0. The van der Waals surface area contributed by atoms with E-state index >= 15 is 0 Å². The molecule has 3 heterocycles. The van der Waals surface area contributed by atoms with Crippen LogP contribution >= 0.6 is 0 Å². The van der Waals surface area contributed by atoms with Crippen LogP contribution in [0.2, 0.25) is 6.32 Å². The normalized spacial score (nSPS) is 17.0. The molecule has 0 saturated carbocycles. The smallest absolute Gasteiger partial charge is 0.135 e. The molecule has 11 rings (SSSR count). The average molecular weight is 1010 g/mol. The van der Waals surface area contributed by atoms with E-state index in [-0.39, 0.29) is 249 Å². The van der Waals surface area contributed by atoms with Gasteiger partial charge in [0.1, 0.15) is 238 Å². The Bertz CT molecular complexity index is 4660. The van der Waals surface area contributed by atoms with Gasteiger partial charge >= 0.3 is 0 Å². The van der Waals surface area contributed by atoms with Crippen LogP contribution in [-0.2, 0) is 0 Å². The molecule has 0 N–H and O–H groups in total. The fourth-order valence-corrected chi connectivity index (χ4v) is 11.9. The Labute approximate surface area is 532 Å². The van der Waals surface area contributed by atoms with Gasteiger partial charge in [0, 0.05) is 38.7 Å². The summed E-state index contributed by atoms with van der Waals surface area (Å²) in [5.74, 6) is 0.488. The summed E-state index contributed by atoms with van der Waals surface area (Å²) in [7, 11) is 197. The lowest BCUT2D eigenvalue weighted by Gasteiger charge is -2.42. The SMILES string of the molecule is [B]C/C([B])=C(/[B])c1oc2c([B])c([B])c([B])c(-c3c([B])c([B])c(N(c4c([B])c([B])c(-c5c([B])c([B])c([B])c6oc7c(c56)C([B])C([B])=C7[B])c([B])c4[B])C4C([B])=C([B])C(c5c([B])c([B])c([B])c6oc7c(c56)C([B])C([B])=C7[B])=C4[B])c([B])c3[B])c2c1C#C. The highest BCUT2D eigenvalue weighted by molar-refractivity contribution is 6.71. The number of benzene rings is 5. The molecule has 0 aliphatic heterocycles. The molecule has 4 nitrogen and oxygen atoms in total. The van der Waals surface area contributed by atoms with Gasteiger partial charge < -0.3 is 18.2 Å². The van der Waals surface area contributed by atoms with E-state index in [1.807, 2.05) is 0 Å². The summed E-state index contributed by atoms with van der Waals surface area (Å²) in [4.78, 5) is 1.26. The molecule has 3 aliphatic carbocycles. The molecular formula is C52H6B29NO3. The van der Waals surface area contributed by atoms with Crippen molar-refractivity contribution in [3.05, 3.63) is 72.4 Å². The van der Waals surface area contributed by atoms with E-state index in [0.29, 0.717) is 0 Å². The van der Waals surface area contributed by atoms with Gasteiger partial charge in [-0.05, 0) is 45.0 Å². The minimum Gasteiger partial charge on any atom is -0.458 e. The van der Waals surface area contributed by atoms with Crippen molar-refractivity contribution in [1.29, 1.82) is 0 Å². The van der Waals surface area contributed by atoms with Gasteiger partial charge in [-0.1, -0.05) is 122 Å². The zero-order valence-corrected chi connectivity index (χ0v) is 44.9. The predicted octanol–water partition coefficient (Wildman–Crippen LogP) is -12.6. The van der Waals surface area contributed by atoms with Crippen molar-refractivity contribution in [2.75, 3.05) is 4.90 Å². The molecule has 8 aromatic rings. The number of nitrogens with zero attached hydrogens (tertiary/aromatic N) is 1. The summed E-state index contributed by atoms with van der Waals surface area (Å²) in [5, 5.41) is 0.372. The first kappa shape index (κ1) is 61.3. The van der Waals surface area contributed by atoms with Crippen LogP contribution in [0.3, 0.4) is 0 Å². The van der Waals surface area contributed by atoms with Crippen LogP contribution in [-0.4, -0.2) is 234 Å². The standard InChI is InChI=1S/C52H6B29NO3/c1-2-4-6-7(18(56)29(67)39(77)48(6)83-47(4)17(55)5(54)3-53)12-21(59)35(73)45(36(74)22(12)60)82(44-28(66)14(25(63)34(44)72)9-11-16-27(65)33(71)43(81)52(16)85-50(11)41(79)31(69)20(9)58)46-37(75)23(61)13(24(62)38(46)76)8-10-15-26(64)32(70)42(80)51(15)84-49(10)40(78)30(68)19(8)57/h1,26-27,44H,3H2/b17-5-. The first-order chi connectivity index (χ1) is 39.8. The Balaban J connectivity index is 1.26. The molecule has 33 heteroatoms. The number of fused-ring (bicyclic) bond motifs is 7. The number of anilines is 2. The fraction of sp³-hybridized carbons (Fsp3) is 0.0769. The van der Waals surface area contributed by atoms with Crippen LogP contribution in [0.4, 0.5) is 11.4 Å². The molecule has 324 valence electrons. The van der Waals surface area contributed by atoms with E-state index in [1.165, 1.54) is 4.90 Å². The van der Waals surface area contributed by atoms with Crippen molar-refractivity contribution in [1.82, 2.24) is 0 Å². The van der Waals surface area contributed by atoms with Crippen LogP contribution in [0.1, 0.15) is 51.2 Å². The third-order valence-electron chi connectivity index (χ3n) is 16.4. The summed E-state index contributed by atoms with van der Waals surface area (Å²) in [5.41, 5.74) is -5.35. The Morgan fingerprint density at radius 1 is 0.400 bits per heavy atom. The fourth-order valence-electron chi connectivity index (χ4n) is 11.9. The topological polar surface area (TPSA) is 42.7 Å². The first-order valence-electron chi connectivity index (χ1n) is 25.1. The Morgan fingerprint density at radius 2 is 0.753 bits per heavy atom. The summed E-state index contributed by atoms with van der Waals surface area (Å²) in [6, 6.07) is -1.64. The maximum atomic E-state index is 7.46. The van der Waals surface area contributed by atoms with Gasteiger partial charge in [-0.25, -0.2) is 0 Å². The zero-order valence-electron chi connectivity index (χ0n) is 44.9. The molecule has 0 bridgehead atoms. The molecule has 5 aromatic carbocycles. The highest BCUT2D eigenvalue weighted by atomic mass is 16.3. The minimum absolute atomic E-state index is 0.000852. The number of rotatable bonds is 8. The predicted molar refractivity (Wildman–Crippen MR) is 379 cm³/mol. The van der Waals surface area contributed by atoms with Crippen LogP contribution < -0.4 is 97.8 Å². The second-order valence-electron chi connectivity index (χ2n) is 20.7. The van der Waals surface area contributed by atoms with Gasteiger partial charge in [-0.2, -0.15) is 0 Å². The van der Waals surface area contributed by atoms with Crippen molar-refractivity contribution in [3.8, 4) is 34.6 Å². The zero-order chi connectivity index (χ0) is 62.4. The van der Waals surface area contributed by atoms with Crippen molar-refractivity contribution < 1.29 is 13.3 Å². The maximum absolute atomic E-state index is 7.46. The molecule has 3 aliphatic rings. The second-order valence-corrected chi connectivity index (χ2v) is 20.7. The quantitative estimate of drug-likeness (QED) is 0.112. The van der Waals surface area contributed by atoms with E-state index in [9.17, 15) is 0 Å². The molecule has 58 radical (unpaired) electrons. The summed E-state index contributed by atoms with van der Waals surface area (Å²) < 4.78 is 18.6. The van der Waals surface area contributed by atoms with Crippen LogP contribution in [0, 0.1) is 12.3 Å². The van der Waals surface area contributed by atoms with E-state index in [2.05, 4.69) is 5.92 Å². The molecule has 3 aromatic heterocycles. The third kappa shape index (κ3) is 8.12. The summed E-state index contributed by atoms with van der Waals surface area (Å²) in [6.07, 6.45) is 5.97. The molecule has 3 atom stereocenters. The van der Waals surface area contributed by atoms with E-state index in [1.54, 1.807) is 0 Å². The monoisotopic (exact) mass is 1010 g/mol. The molecule has 0 fully saturated rings. The van der Waals surface area contributed by atoms with Gasteiger partial charge in [-0.15, -0.1) is 39.2 Å². The number of allylic oxidation sites excluding steroid dienone is 5. The molecule has 3 unspecified atom stereocenters. The maximum Gasteiger partial charge on any atom is 0.135 e. The molecule has 85 heavy (non-hydrogen) atoms. The molecule has 0 spiro atoms. The molecular weight excluding hydrogens is 1000 g/mol. The first-order valence-corrected chi connectivity index (χ1v) is 25.1. The lowest BCUT2D eigenvalue weighted by molar-refractivity contribution is 0.603. The van der Waals surface area contributed by atoms with Gasteiger partial charge in [0.15, 0.2) is 0 Å². The van der Waals surface area contributed by atoms with Crippen molar-refractivity contribution in [2.45, 2.75) is 24.0 Å². The number of hydrogen-bond donors (Lipinski definition) is 0. The van der Waals surface area contributed by atoms with Crippen molar-refractivity contribution in [3.63, 3.8) is 0 Å². The third-order valence-corrected chi connectivity index (χ3v) is 16.4. The van der Waals surface area contributed by atoms with Crippen LogP contribution in [0.5, 0.6) is 0 Å². The van der Waals surface area contributed by atoms with Gasteiger partial charge in [-0.3, -0.25) is 0 Å². The van der Waals surface area contributed by atoms with E-state index in [4.69, 9.17) is 247 Å². The van der Waals surface area contributed by atoms with Crippen LogP contribution in [0.25, 0.3) is 77.2 Å². The highest BCUT2D eigenvalue weighted by Gasteiger charge is 2.40. The lowest BCUT2D eigenvalue weighted by atomic mass is 9.59.